The number of fused-ring (bicyclic) bond motifs is 3. The number of phenolic OH excluding ortho intramolecular Hbond substituents is 1. The van der Waals surface area contributed by atoms with Crippen LogP contribution >= 0.6 is 0 Å². The zero-order chi connectivity index (χ0) is 26.1. The van der Waals surface area contributed by atoms with Gasteiger partial charge in [-0.3, -0.25) is 23.1 Å². The standard InChI is InChI=1S/C26H25N7O4/c1-30-23-22(24(36)31(2)26(30)37)33-16-20(18-7-4-3-5-8-18)32(25(33)28-23)14-6-9-21(35)29-27-15-17-10-12-19(34)13-11-17/h3-5,7-8,10-13,15-16,34H,6,9,14H2,1-2H3,(H,29,35). The van der Waals surface area contributed by atoms with Crippen molar-refractivity contribution in [1.82, 2.24) is 28.5 Å². The van der Waals surface area contributed by atoms with E-state index in [1.54, 1.807) is 23.6 Å². The van der Waals surface area contributed by atoms with E-state index in [2.05, 4.69) is 15.5 Å². The molecule has 0 unspecified atom stereocenters. The summed E-state index contributed by atoms with van der Waals surface area (Å²) in [7, 11) is 3.03. The lowest BCUT2D eigenvalue weighted by molar-refractivity contribution is -0.121. The number of carbonyl (C=O) groups excluding carboxylic acids is 1. The number of aryl methyl sites for hydroxylation is 2. The summed E-state index contributed by atoms with van der Waals surface area (Å²) in [4.78, 5) is 42.4. The Hall–Kier alpha value is -4.93. The second-order valence-corrected chi connectivity index (χ2v) is 8.68. The molecular weight excluding hydrogens is 474 g/mol. The van der Waals surface area contributed by atoms with Gasteiger partial charge in [-0.05, 0) is 41.8 Å². The number of nitrogens with one attached hydrogen (secondary N) is 1. The zero-order valence-electron chi connectivity index (χ0n) is 20.3. The Bertz CT molecular complexity index is 1760. The maximum absolute atomic E-state index is 13.0. The van der Waals surface area contributed by atoms with Crippen molar-refractivity contribution in [1.29, 1.82) is 0 Å². The third-order valence-corrected chi connectivity index (χ3v) is 6.21. The summed E-state index contributed by atoms with van der Waals surface area (Å²) in [6.07, 6.45) is 4.05. The molecule has 0 aliphatic carbocycles. The van der Waals surface area contributed by atoms with Crippen LogP contribution in [0.4, 0.5) is 0 Å². The fourth-order valence-corrected chi connectivity index (χ4v) is 4.27. The molecule has 2 aromatic carbocycles. The van der Waals surface area contributed by atoms with E-state index in [0.717, 1.165) is 21.4 Å². The van der Waals surface area contributed by atoms with E-state index in [1.807, 2.05) is 41.1 Å². The fourth-order valence-electron chi connectivity index (χ4n) is 4.27. The Balaban J connectivity index is 1.42. The molecule has 188 valence electrons. The first-order chi connectivity index (χ1) is 17.8. The van der Waals surface area contributed by atoms with E-state index >= 15 is 0 Å². The van der Waals surface area contributed by atoms with Gasteiger partial charge in [0.2, 0.25) is 11.7 Å². The number of phenols is 1. The molecule has 0 aliphatic heterocycles. The fraction of sp³-hybridized carbons (Fsp3) is 0.192. The van der Waals surface area contributed by atoms with Crippen LogP contribution in [0.3, 0.4) is 0 Å². The molecule has 5 aromatic rings. The largest absolute Gasteiger partial charge is 0.508 e. The van der Waals surface area contributed by atoms with E-state index < -0.39 is 11.2 Å². The van der Waals surface area contributed by atoms with Crippen LogP contribution < -0.4 is 16.7 Å². The molecule has 0 fully saturated rings. The summed E-state index contributed by atoms with van der Waals surface area (Å²) in [6.45, 7) is 0.452. The molecule has 0 aliphatic rings. The predicted molar refractivity (Wildman–Crippen MR) is 140 cm³/mol. The van der Waals surface area contributed by atoms with Gasteiger partial charge in [0.1, 0.15) is 5.75 Å². The summed E-state index contributed by atoms with van der Waals surface area (Å²) < 4.78 is 6.09. The van der Waals surface area contributed by atoms with Crippen LogP contribution in [0.25, 0.3) is 28.2 Å². The quantitative estimate of drug-likeness (QED) is 0.262. The smallest absolute Gasteiger partial charge is 0.332 e. The molecule has 11 heteroatoms. The van der Waals surface area contributed by atoms with E-state index in [4.69, 9.17) is 0 Å². The Labute approximate surface area is 210 Å². The normalized spacial score (nSPS) is 11.6. The van der Waals surface area contributed by atoms with Crippen molar-refractivity contribution in [3.05, 3.63) is 87.2 Å². The number of hydrogen-bond acceptors (Lipinski definition) is 6. The molecule has 3 aromatic heterocycles. The van der Waals surface area contributed by atoms with E-state index in [9.17, 15) is 19.5 Å². The molecule has 11 nitrogen and oxygen atoms in total. The van der Waals surface area contributed by atoms with Crippen molar-refractivity contribution in [3.63, 3.8) is 0 Å². The molecule has 0 atom stereocenters. The number of amides is 1. The summed E-state index contributed by atoms with van der Waals surface area (Å²) in [6, 6.07) is 16.2. The summed E-state index contributed by atoms with van der Waals surface area (Å²) in [5, 5.41) is 13.3. The first-order valence-electron chi connectivity index (χ1n) is 11.7. The van der Waals surface area contributed by atoms with Crippen LogP contribution in [0.5, 0.6) is 5.75 Å². The van der Waals surface area contributed by atoms with Crippen LogP contribution in [-0.2, 0) is 25.4 Å². The lowest BCUT2D eigenvalue weighted by Crippen LogP contribution is -2.37. The van der Waals surface area contributed by atoms with Crippen LogP contribution in [0, 0.1) is 0 Å². The topological polar surface area (TPSA) is 128 Å². The third-order valence-electron chi connectivity index (χ3n) is 6.21. The summed E-state index contributed by atoms with van der Waals surface area (Å²) in [5.41, 5.74) is 4.78. The number of imidazole rings is 2. The Morgan fingerprint density at radius 2 is 1.78 bits per heavy atom. The van der Waals surface area contributed by atoms with E-state index in [0.29, 0.717) is 29.9 Å². The summed E-state index contributed by atoms with van der Waals surface area (Å²) in [5.74, 6) is 0.422. The number of hydrogen-bond donors (Lipinski definition) is 2. The third kappa shape index (κ3) is 4.42. The first kappa shape index (κ1) is 23.8. The highest BCUT2D eigenvalue weighted by atomic mass is 16.3. The molecule has 5 rings (SSSR count). The molecule has 0 saturated carbocycles. The van der Waals surface area contributed by atoms with Gasteiger partial charge < -0.3 is 9.67 Å². The van der Waals surface area contributed by atoms with Gasteiger partial charge in [0.25, 0.3) is 5.56 Å². The van der Waals surface area contributed by atoms with Crippen LogP contribution in [0.1, 0.15) is 18.4 Å². The average molecular weight is 500 g/mol. The lowest BCUT2D eigenvalue weighted by atomic mass is 10.1. The van der Waals surface area contributed by atoms with E-state index in [-0.39, 0.29) is 18.1 Å². The van der Waals surface area contributed by atoms with Gasteiger partial charge in [0, 0.05) is 33.3 Å². The highest BCUT2D eigenvalue weighted by molar-refractivity contribution is 5.82. The molecule has 1 amide bonds. The van der Waals surface area contributed by atoms with Crippen LogP contribution in [0.15, 0.2) is 75.5 Å². The van der Waals surface area contributed by atoms with Crippen molar-refractivity contribution >= 4 is 29.1 Å². The zero-order valence-corrected chi connectivity index (χ0v) is 20.3. The molecule has 37 heavy (non-hydrogen) atoms. The maximum atomic E-state index is 13.0. The van der Waals surface area contributed by atoms with Crippen molar-refractivity contribution in [2.45, 2.75) is 19.4 Å². The SMILES string of the molecule is Cn1c(=O)c2c(nc3n(CCCC(=O)NN=Cc4ccc(O)cc4)c(-c4ccccc4)cn23)n(C)c1=O. The number of rotatable bonds is 7. The molecule has 0 bridgehead atoms. The number of hydrazone groups is 1. The van der Waals surface area contributed by atoms with Gasteiger partial charge in [0.05, 0.1) is 11.9 Å². The minimum absolute atomic E-state index is 0.156. The van der Waals surface area contributed by atoms with Crippen molar-refractivity contribution in [2.75, 3.05) is 0 Å². The Kier molecular flexibility index (Phi) is 6.18. The van der Waals surface area contributed by atoms with E-state index in [1.165, 1.54) is 30.0 Å². The highest BCUT2D eigenvalue weighted by Crippen LogP contribution is 2.25. The second-order valence-electron chi connectivity index (χ2n) is 8.68. The minimum atomic E-state index is -0.447. The van der Waals surface area contributed by atoms with Gasteiger partial charge in [-0.25, -0.2) is 10.2 Å². The number of benzene rings is 2. The van der Waals surface area contributed by atoms with Gasteiger partial charge >= 0.3 is 5.69 Å². The van der Waals surface area contributed by atoms with Crippen molar-refractivity contribution < 1.29 is 9.90 Å². The van der Waals surface area contributed by atoms with Crippen molar-refractivity contribution in [2.24, 2.45) is 19.2 Å². The maximum Gasteiger partial charge on any atom is 0.332 e. The Morgan fingerprint density at radius 1 is 1.05 bits per heavy atom. The van der Waals surface area contributed by atoms with Gasteiger partial charge in [-0.2, -0.15) is 10.1 Å². The van der Waals surface area contributed by atoms with Crippen LogP contribution in [-0.4, -0.2) is 40.3 Å². The average Bonchev–Trinajstić information content (AvgIpc) is 3.45. The number of aromatic hydroxyl groups is 1. The highest BCUT2D eigenvalue weighted by Gasteiger charge is 2.20. The molecule has 3 heterocycles. The van der Waals surface area contributed by atoms with Crippen molar-refractivity contribution in [3.8, 4) is 17.0 Å². The number of nitrogens with zero attached hydrogens (tertiary/aromatic N) is 6. The predicted octanol–water partition coefficient (Wildman–Crippen LogP) is 1.99. The first-order valence-corrected chi connectivity index (χ1v) is 11.7. The second kappa shape index (κ2) is 9.61. The molecule has 0 spiro atoms. The lowest BCUT2D eigenvalue weighted by Gasteiger charge is -2.09. The molecule has 2 N–H and O–H groups in total. The number of aromatic nitrogens is 5. The van der Waals surface area contributed by atoms with Gasteiger partial charge in [-0.1, -0.05) is 30.3 Å². The molecule has 0 saturated heterocycles. The molecular formula is C26H25N7O4. The minimum Gasteiger partial charge on any atom is -0.508 e. The monoisotopic (exact) mass is 499 g/mol. The van der Waals surface area contributed by atoms with Gasteiger partial charge in [0.15, 0.2) is 11.2 Å². The Morgan fingerprint density at radius 3 is 2.51 bits per heavy atom. The van der Waals surface area contributed by atoms with Gasteiger partial charge in [-0.15, -0.1) is 0 Å². The number of carbonyl (C=O) groups is 1. The molecule has 0 radical (unpaired) electrons. The summed E-state index contributed by atoms with van der Waals surface area (Å²) >= 11 is 0. The van der Waals surface area contributed by atoms with Crippen LogP contribution in [0.2, 0.25) is 0 Å².